The number of sulfonamides is 1. The lowest BCUT2D eigenvalue weighted by atomic mass is 10.1. The Morgan fingerprint density at radius 2 is 1.89 bits per heavy atom. The molecular weight excluding hydrogens is 372 g/mol. The van der Waals surface area contributed by atoms with E-state index in [4.69, 9.17) is 9.84 Å². The second-order valence-corrected chi connectivity index (χ2v) is 8.49. The number of nitrogens with one attached hydrogen (secondary N) is 1. The van der Waals surface area contributed by atoms with Crippen molar-refractivity contribution in [1.82, 2.24) is 9.62 Å². The lowest BCUT2D eigenvalue weighted by molar-refractivity contribution is -0.146. The van der Waals surface area contributed by atoms with Gasteiger partial charge in [0.05, 0.1) is 30.6 Å². The molecule has 0 saturated carbocycles. The summed E-state index contributed by atoms with van der Waals surface area (Å²) in [7, 11) is -3.74. The highest BCUT2D eigenvalue weighted by molar-refractivity contribution is 7.89. The lowest BCUT2D eigenvalue weighted by Gasteiger charge is -2.35. The van der Waals surface area contributed by atoms with Gasteiger partial charge in [-0.2, -0.15) is 0 Å². The third-order valence-electron chi connectivity index (χ3n) is 4.46. The standard InChI is InChI=1S/C18H26N2O6S/c1-12-8-13(2)18(14(3)9-12)27(24,25)19-5-4-16(21)20-6-7-26-11-15(20)10-17(22)23/h8-9,15,19H,4-7,10-11H2,1-3H3,(H,22,23). The molecule has 1 atom stereocenters. The Kier molecular flexibility index (Phi) is 6.96. The highest BCUT2D eigenvalue weighted by atomic mass is 32.2. The molecule has 1 aliphatic rings. The Labute approximate surface area is 159 Å². The molecule has 150 valence electrons. The van der Waals surface area contributed by atoms with Crippen molar-refractivity contribution in [2.75, 3.05) is 26.3 Å². The van der Waals surface area contributed by atoms with Crippen molar-refractivity contribution in [1.29, 1.82) is 0 Å². The number of aryl methyl sites for hydroxylation is 3. The van der Waals surface area contributed by atoms with E-state index < -0.39 is 22.0 Å². The number of hydrogen-bond acceptors (Lipinski definition) is 5. The minimum absolute atomic E-state index is 0.0424. The predicted octanol–water partition coefficient (Wildman–Crippen LogP) is 0.982. The molecule has 0 aromatic heterocycles. The summed E-state index contributed by atoms with van der Waals surface area (Å²) in [5, 5.41) is 8.96. The normalized spacial score (nSPS) is 17.7. The zero-order valence-electron chi connectivity index (χ0n) is 15.8. The minimum Gasteiger partial charge on any atom is -0.481 e. The van der Waals surface area contributed by atoms with Crippen LogP contribution in [0.3, 0.4) is 0 Å². The number of hydrogen-bond donors (Lipinski definition) is 2. The van der Waals surface area contributed by atoms with Crippen LogP contribution in [0.4, 0.5) is 0 Å². The van der Waals surface area contributed by atoms with E-state index in [1.807, 2.05) is 6.92 Å². The first-order valence-corrected chi connectivity index (χ1v) is 10.3. The zero-order valence-corrected chi connectivity index (χ0v) is 16.6. The molecular formula is C18H26N2O6S. The molecule has 0 spiro atoms. The highest BCUT2D eigenvalue weighted by Gasteiger charge is 2.29. The van der Waals surface area contributed by atoms with Gasteiger partial charge in [-0.25, -0.2) is 13.1 Å². The third-order valence-corrected chi connectivity index (χ3v) is 6.23. The van der Waals surface area contributed by atoms with Gasteiger partial charge in [0.1, 0.15) is 0 Å². The number of carbonyl (C=O) groups is 2. The second kappa shape index (κ2) is 8.81. The summed E-state index contributed by atoms with van der Waals surface area (Å²) < 4.78 is 33.0. The van der Waals surface area contributed by atoms with Crippen molar-refractivity contribution in [3.05, 3.63) is 28.8 Å². The van der Waals surface area contributed by atoms with Gasteiger partial charge in [-0.05, 0) is 31.9 Å². The minimum atomic E-state index is -3.74. The van der Waals surface area contributed by atoms with E-state index in [-0.39, 0.29) is 36.8 Å². The molecule has 1 aliphatic heterocycles. The quantitative estimate of drug-likeness (QED) is 0.708. The molecule has 1 aromatic rings. The van der Waals surface area contributed by atoms with Crippen LogP contribution in [0.2, 0.25) is 0 Å². The van der Waals surface area contributed by atoms with Crippen LogP contribution in [-0.2, 0) is 24.3 Å². The summed E-state index contributed by atoms with van der Waals surface area (Å²) in [5.74, 6) is -1.29. The van der Waals surface area contributed by atoms with Gasteiger partial charge in [0.15, 0.2) is 0 Å². The van der Waals surface area contributed by atoms with Crippen LogP contribution in [0.5, 0.6) is 0 Å². The molecule has 8 nitrogen and oxygen atoms in total. The lowest BCUT2D eigenvalue weighted by Crippen LogP contribution is -2.50. The van der Waals surface area contributed by atoms with Gasteiger partial charge in [-0.3, -0.25) is 9.59 Å². The number of ether oxygens (including phenoxy) is 1. The van der Waals surface area contributed by atoms with E-state index in [2.05, 4.69) is 4.72 Å². The van der Waals surface area contributed by atoms with Crippen LogP contribution in [0, 0.1) is 20.8 Å². The summed E-state index contributed by atoms with van der Waals surface area (Å²) in [5.41, 5.74) is 2.29. The fraction of sp³-hybridized carbons (Fsp3) is 0.556. The third kappa shape index (κ3) is 5.50. The fourth-order valence-electron chi connectivity index (χ4n) is 3.45. The summed E-state index contributed by atoms with van der Waals surface area (Å²) in [6.45, 7) is 6.15. The first-order chi connectivity index (χ1) is 12.6. The zero-order chi connectivity index (χ0) is 20.2. The Morgan fingerprint density at radius 3 is 2.48 bits per heavy atom. The van der Waals surface area contributed by atoms with Crippen LogP contribution in [0.1, 0.15) is 29.5 Å². The SMILES string of the molecule is Cc1cc(C)c(S(=O)(=O)NCCC(=O)N2CCOCC2CC(=O)O)c(C)c1. The molecule has 1 fully saturated rings. The van der Waals surface area contributed by atoms with Gasteiger partial charge in [0.2, 0.25) is 15.9 Å². The average molecular weight is 398 g/mol. The fourth-order valence-corrected chi connectivity index (χ4v) is 4.93. The van der Waals surface area contributed by atoms with E-state index in [1.54, 1.807) is 26.0 Å². The number of rotatable bonds is 7. The molecule has 1 amide bonds. The van der Waals surface area contributed by atoms with Gasteiger partial charge < -0.3 is 14.7 Å². The molecule has 0 aliphatic carbocycles. The van der Waals surface area contributed by atoms with Crippen LogP contribution in [-0.4, -0.2) is 62.6 Å². The predicted molar refractivity (Wildman–Crippen MR) is 99.0 cm³/mol. The Hall–Kier alpha value is -1.97. The van der Waals surface area contributed by atoms with E-state index in [0.29, 0.717) is 24.3 Å². The van der Waals surface area contributed by atoms with Crippen LogP contribution < -0.4 is 4.72 Å². The number of carbonyl (C=O) groups excluding carboxylic acids is 1. The smallest absolute Gasteiger partial charge is 0.305 e. The molecule has 0 radical (unpaired) electrons. The summed E-state index contributed by atoms with van der Waals surface area (Å²) in [4.78, 5) is 25.1. The van der Waals surface area contributed by atoms with Crippen LogP contribution in [0.15, 0.2) is 17.0 Å². The van der Waals surface area contributed by atoms with Gasteiger partial charge in [-0.1, -0.05) is 17.7 Å². The molecule has 0 bridgehead atoms. The number of aliphatic carboxylic acids is 1. The summed E-state index contributed by atoms with van der Waals surface area (Å²) in [6, 6.07) is 3.08. The molecule has 1 unspecified atom stereocenters. The number of nitrogens with zero attached hydrogens (tertiary/aromatic N) is 1. The van der Waals surface area contributed by atoms with E-state index in [1.165, 1.54) is 4.90 Å². The topological polar surface area (TPSA) is 113 Å². The van der Waals surface area contributed by atoms with Gasteiger partial charge in [0.25, 0.3) is 0 Å². The summed E-state index contributed by atoms with van der Waals surface area (Å²) >= 11 is 0. The van der Waals surface area contributed by atoms with Gasteiger partial charge in [0, 0.05) is 19.5 Å². The average Bonchev–Trinajstić information content (AvgIpc) is 2.53. The van der Waals surface area contributed by atoms with Crippen molar-refractivity contribution in [2.24, 2.45) is 0 Å². The van der Waals surface area contributed by atoms with E-state index in [0.717, 1.165) is 5.56 Å². The molecule has 9 heteroatoms. The van der Waals surface area contributed by atoms with Crippen molar-refractivity contribution >= 4 is 21.9 Å². The maximum atomic E-state index is 12.6. The first kappa shape index (κ1) is 21.3. The number of benzene rings is 1. The largest absolute Gasteiger partial charge is 0.481 e. The maximum absolute atomic E-state index is 12.6. The highest BCUT2D eigenvalue weighted by Crippen LogP contribution is 2.21. The molecule has 1 aromatic carbocycles. The number of carboxylic acid groups (broad SMARTS) is 1. The van der Waals surface area contributed by atoms with Crippen molar-refractivity contribution in [3.63, 3.8) is 0 Å². The second-order valence-electron chi connectivity index (χ2n) is 6.79. The Balaban J connectivity index is 2.00. The van der Waals surface area contributed by atoms with Crippen molar-refractivity contribution < 1.29 is 27.9 Å². The van der Waals surface area contributed by atoms with Crippen molar-refractivity contribution in [2.45, 2.75) is 44.6 Å². The molecule has 2 N–H and O–H groups in total. The molecule has 1 saturated heterocycles. The van der Waals surface area contributed by atoms with Crippen LogP contribution >= 0.6 is 0 Å². The van der Waals surface area contributed by atoms with E-state index in [9.17, 15) is 18.0 Å². The molecule has 27 heavy (non-hydrogen) atoms. The van der Waals surface area contributed by atoms with E-state index >= 15 is 0 Å². The number of amides is 1. The maximum Gasteiger partial charge on any atom is 0.305 e. The monoisotopic (exact) mass is 398 g/mol. The summed E-state index contributed by atoms with van der Waals surface area (Å²) in [6.07, 6.45) is -0.238. The number of carboxylic acids is 1. The molecule has 2 rings (SSSR count). The first-order valence-electron chi connectivity index (χ1n) is 8.78. The Bertz CT molecular complexity index is 798. The Morgan fingerprint density at radius 1 is 1.26 bits per heavy atom. The molecule has 1 heterocycles. The van der Waals surface area contributed by atoms with Crippen LogP contribution in [0.25, 0.3) is 0 Å². The van der Waals surface area contributed by atoms with Gasteiger partial charge >= 0.3 is 5.97 Å². The van der Waals surface area contributed by atoms with Crippen molar-refractivity contribution in [3.8, 4) is 0 Å². The van der Waals surface area contributed by atoms with Gasteiger partial charge in [-0.15, -0.1) is 0 Å². The number of morpholine rings is 1.